The van der Waals surface area contributed by atoms with Gasteiger partial charge in [0.05, 0.1) is 5.02 Å². The number of aliphatic hydroxyl groups excluding tert-OH is 1. The van der Waals surface area contributed by atoms with Gasteiger partial charge in [0, 0.05) is 25.3 Å². The molecule has 0 aliphatic carbocycles. The molecule has 1 aromatic rings. The maximum absolute atomic E-state index is 12.2. The second-order valence-electron chi connectivity index (χ2n) is 4.41. The average Bonchev–Trinajstić information content (AvgIpc) is 2.42. The molecule has 0 spiro atoms. The van der Waals surface area contributed by atoms with E-state index < -0.39 is 10.0 Å². The first-order valence-electron chi connectivity index (χ1n) is 6.31. The van der Waals surface area contributed by atoms with Crippen LogP contribution in [0, 0.1) is 11.8 Å². The molecule has 0 aliphatic heterocycles. The van der Waals surface area contributed by atoms with Gasteiger partial charge < -0.3 is 9.84 Å². The van der Waals surface area contributed by atoms with Crippen LogP contribution in [0.25, 0.3) is 0 Å². The molecule has 7 heteroatoms. The number of halogens is 1. The number of hydrogen-bond acceptors (Lipinski definition) is 4. The molecule has 116 valence electrons. The Hall–Kier alpha value is -1.10. The van der Waals surface area contributed by atoms with Crippen molar-refractivity contribution in [2.45, 2.75) is 24.3 Å². The molecular formula is C14H18ClNO4S. The second kappa shape index (κ2) is 8.37. The predicted molar refractivity (Wildman–Crippen MR) is 81.7 cm³/mol. The molecule has 1 atom stereocenters. The van der Waals surface area contributed by atoms with Crippen LogP contribution in [0.1, 0.15) is 18.9 Å². The standard InChI is InChI=1S/C14H18ClNO4S/c1-11(7-9-20-2)16-21(18,19)14-6-5-12(4-3-8-17)10-13(14)15/h5-6,10-11,16-17H,7-9H2,1-2H3. The Morgan fingerprint density at radius 2 is 2.19 bits per heavy atom. The molecule has 0 aromatic heterocycles. The normalized spacial score (nSPS) is 12.6. The summed E-state index contributed by atoms with van der Waals surface area (Å²) in [6, 6.07) is 4.14. The molecule has 0 fully saturated rings. The molecule has 0 saturated heterocycles. The van der Waals surface area contributed by atoms with Gasteiger partial charge in [0.2, 0.25) is 10.0 Å². The quantitative estimate of drug-likeness (QED) is 0.772. The van der Waals surface area contributed by atoms with Crippen LogP contribution < -0.4 is 4.72 Å². The zero-order valence-corrected chi connectivity index (χ0v) is 13.5. The first-order valence-corrected chi connectivity index (χ1v) is 8.17. The number of rotatable bonds is 6. The molecule has 0 saturated carbocycles. The molecule has 21 heavy (non-hydrogen) atoms. The average molecular weight is 332 g/mol. The van der Waals surface area contributed by atoms with Crippen LogP contribution in [0.2, 0.25) is 5.02 Å². The van der Waals surface area contributed by atoms with Gasteiger partial charge in [0.1, 0.15) is 11.5 Å². The summed E-state index contributed by atoms with van der Waals surface area (Å²) < 4.78 is 31.9. The minimum atomic E-state index is -3.69. The van der Waals surface area contributed by atoms with Crippen LogP contribution in [0.15, 0.2) is 23.1 Å². The molecule has 1 rings (SSSR count). The van der Waals surface area contributed by atoms with E-state index in [-0.39, 0.29) is 22.6 Å². The van der Waals surface area contributed by atoms with E-state index in [1.165, 1.54) is 12.1 Å². The van der Waals surface area contributed by atoms with E-state index >= 15 is 0 Å². The lowest BCUT2D eigenvalue weighted by atomic mass is 10.2. The molecular weight excluding hydrogens is 314 g/mol. The molecule has 1 aromatic carbocycles. The van der Waals surface area contributed by atoms with Crippen molar-refractivity contribution in [3.8, 4) is 11.8 Å². The number of methoxy groups -OCH3 is 1. The van der Waals surface area contributed by atoms with Crippen LogP contribution in [0.4, 0.5) is 0 Å². The van der Waals surface area contributed by atoms with Gasteiger partial charge in [-0.2, -0.15) is 0 Å². The number of ether oxygens (including phenoxy) is 1. The summed E-state index contributed by atoms with van der Waals surface area (Å²) in [6.45, 7) is 1.95. The summed E-state index contributed by atoms with van der Waals surface area (Å²) in [5.74, 6) is 5.14. The maximum Gasteiger partial charge on any atom is 0.242 e. The Morgan fingerprint density at radius 3 is 2.76 bits per heavy atom. The Kier molecular flexibility index (Phi) is 7.15. The van der Waals surface area contributed by atoms with Crippen molar-refractivity contribution in [2.24, 2.45) is 0 Å². The number of hydrogen-bond donors (Lipinski definition) is 2. The fourth-order valence-corrected chi connectivity index (χ4v) is 3.44. The van der Waals surface area contributed by atoms with Crippen molar-refractivity contribution in [1.82, 2.24) is 4.72 Å². The van der Waals surface area contributed by atoms with E-state index in [4.69, 9.17) is 21.4 Å². The van der Waals surface area contributed by atoms with Gasteiger partial charge in [-0.1, -0.05) is 23.4 Å². The highest BCUT2D eigenvalue weighted by atomic mass is 35.5. The minimum Gasteiger partial charge on any atom is -0.385 e. The van der Waals surface area contributed by atoms with Gasteiger partial charge in [-0.15, -0.1) is 0 Å². The molecule has 0 aliphatic rings. The SMILES string of the molecule is COCCC(C)NS(=O)(=O)c1ccc(C#CCO)cc1Cl. The zero-order valence-electron chi connectivity index (χ0n) is 11.9. The molecule has 1 unspecified atom stereocenters. The van der Waals surface area contributed by atoms with E-state index in [1.807, 2.05) is 0 Å². The van der Waals surface area contributed by atoms with Crippen LogP contribution >= 0.6 is 11.6 Å². The predicted octanol–water partition coefficient (Wildman–Crippen LogP) is 1.39. The van der Waals surface area contributed by atoms with E-state index in [9.17, 15) is 8.42 Å². The van der Waals surface area contributed by atoms with Crippen LogP contribution in [0.5, 0.6) is 0 Å². The van der Waals surface area contributed by atoms with E-state index in [0.717, 1.165) is 0 Å². The summed E-state index contributed by atoms with van der Waals surface area (Å²) in [5, 5.41) is 8.72. The summed E-state index contributed by atoms with van der Waals surface area (Å²) in [4.78, 5) is 0.00276. The van der Waals surface area contributed by atoms with Gasteiger partial charge in [-0.25, -0.2) is 13.1 Å². The molecule has 0 heterocycles. The Balaban J connectivity index is 2.93. The van der Waals surface area contributed by atoms with Gasteiger partial charge in [-0.3, -0.25) is 0 Å². The first-order chi connectivity index (χ1) is 9.90. The zero-order chi connectivity index (χ0) is 15.9. The fourth-order valence-electron chi connectivity index (χ4n) is 1.62. The Bertz CT molecular complexity index is 634. The van der Waals surface area contributed by atoms with Crippen LogP contribution in [-0.2, 0) is 14.8 Å². The Labute approximate surface area is 130 Å². The summed E-state index contributed by atoms with van der Waals surface area (Å²) in [7, 11) is -2.13. The van der Waals surface area contributed by atoms with Crippen molar-refractivity contribution in [3.05, 3.63) is 28.8 Å². The number of sulfonamides is 1. The number of nitrogens with one attached hydrogen (secondary N) is 1. The third kappa shape index (κ3) is 5.65. The lowest BCUT2D eigenvalue weighted by Crippen LogP contribution is -2.33. The Morgan fingerprint density at radius 1 is 1.48 bits per heavy atom. The fraction of sp³-hybridized carbons (Fsp3) is 0.429. The van der Waals surface area contributed by atoms with Crippen molar-refractivity contribution >= 4 is 21.6 Å². The maximum atomic E-state index is 12.2. The molecule has 0 bridgehead atoms. The van der Waals surface area contributed by atoms with Crippen molar-refractivity contribution in [3.63, 3.8) is 0 Å². The van der Waals surface area contributed by atoms with Gasteiger partial charge in [-0.05, 0) is 31.5 Å². The third-order valence-corrected chi connectivity index (χ3v) is 4.72. The third-order valence-electron chi connectivity index (χ3n) is 2.64. The van der Waals surface area contributed by atoms with Crippen molar-refractivity contribution < 1.29 is 18.3 Å². The lowest BCUT2D eigenvalue weighted by molar-refractivity contribution is 0.188. The molecule has 0 amide bonds. The summed E-state index contributed by atoms with van der Waals surface area (Å²) >= 11 is 6.01. The van der Waals surface area contributed by atoms with Gasteiger partial charge >= 0.3 is 0 Å². The highest BCUT2D eigenvalue weighted by molar-refractivity contribution is 7.89. The van der Waals surface area contributed by atoms with E-state index in [2.05, 4.69) is 16.6 Å². The van der Waals surface area contributed by atoms with Crippen molar-refractivity contribution in [2.75, 3.05) is 20.3 Å². The second-order valence-corrected chi connectivity index (χ2v) is 6.50. The van der Waals surface area contributed by atoms with Crippen LogP contribution in [-0.4, -0.2) is 39.9 Å². The minimum absolute atomic E-state index is 0.00276. The van der Waals surface area contributed by atoms with Gasteiger partial charge in [0.15, 0.2) is 0 Å². The number of benzene rings is 1. The topological polar surface area (TPSA) is 75.6 Å². The van der Waals surface area contributed by atoms with Gasteiger partial charge in [0.25, 0.3) is 0 Å². The highest BCUT2D eigenvalue weighted by Crippen LogP contribution is 2.22. The molecule has 0 radical (unpaired) electrons. The van der Waals surface area contributed by atoms with E-state index in [0.29, 0.717) is 18.6 Å². The molecule has 5 nitrogen and oxygen atoms in total. The lowest BCUT2D eigenvalue weighted by Gasteiger charge is -2.14. The highest BCUT2D eigenvalue weighted by Gasteiger charge is 2.20. The monoisotopic (exact) mass is 331 g/mol. The summed E-state index contributed by atoms with van der Waals surface area (Å²) in [6.07, 6.45) is 0.563. The van der Waals surface area contributed by atoms with Crippen molar-refractivity contribution in [1.29, 1.82) is 0 Å². The number of aliphatic hydroxyl groups is 1. The summed E-state index contributed by atoms with van der Waals surface area (Å²) in [5.41, 5.74) is 0.542. The smallest absolute Gasteiger partial charge is 0.242 e. The molecule has 2 N–H and O–H groups in total. The van der Waals surface area contributed by atoms with E-state index in [1.54, 1.807) is 20.1 Å². The van der Waals surface area contributed by atoms with Crippen LogP contribution in [0.3, 0.4) is 0 Å². The first kappa shape index (κ1) is 18.0. The largest absolute Gasteiger partial charge is 0.385 e.